The van der Waals surface area contributed by atoms with Crippen LogP contribution < -0.4 is 0 Å². The summed E-state index contributed by atoms with van der Waals surface area (Å²) < 4.78 is 15.3. The molecule has 1 aliphatic rings. The number of alkyl halides is 1. The lowest BCUT2D eigenvalue weighted by Gasteiger charge is -2.36. The molecule has 0 unspecified atom stereocenters. The van der Waals surface area contributed by atoms with E-state index in [4.69, 9.17) is 11.6 Å². The second-order valence-electron chi connectivity index (χ2n) is 7.08. The van der Waals surface area contributed by atoms with Gasteiger partial charge in [0.25, 0.3) is 5.91 Å². The van der Waals surface area contributed by atoms with Crippen molar-refractivity contribution in [2.75, 3.05) is 13.1 Å². The summed E-state index contributed by atoms with van der Waals surface area (Å²) in [7, 11) is 0. The molecule has 0 radical (unpaired) electrons. The fraction of sp³-hybridized carbons (Fsp3) is 0.286. The van der Waals surface area contributed by atoms with Crippen molar-refractivity contribution >= 4 is 17.5 Å². The molecule has 3 aromatic rings. The van der Waals surface area contributed by atoms with Crippen LogP contribution in [0.3, 0.4) is 0 Å². The Morgan fingerprint density at radius 1 is 1.10 bits per heavy atom. The summed E-state index contributed by atoms with van der Waals surface area (Å²) in [4.78, 5) is 31.4. The van der Waals surface area contributed by atoms with Gasteiger partial charge in [-0.2, -0.15) is 0 Å². The highest BCUT2D eigenvalue weighted by Crippen LogP contribution is 2.31. The van der Waals surface area contributed by atoms with E-state index in [0.717, 1.165) is 0 Å². The van der Waals surface area contributed by atoms with Crippen LogP contribution in [0.2, 0.25) is 5.02 Å². The van der Waals surface area contributed by atoms with Crippen LogP contribution >= 0.6 is 11.6 Å². The van der Waals surface area contributed by atoms with Crippen molar-refractivity contribution in [2.24, 2.45) is 0 Å². The Balaban J connectivity index is 1.47. The van der Waals surface area contributed by atoms with Crippen LogP contribution in [-0.2, 0) is 6.42 Å². The Hall–Kier alpha value is -2.93. The van der Waals surface area contributed by atoms with Crippen molar-refractivity contribution in [3.8, 4) is 11.4 Å². The van der Waals surface area contributed by atoms with Gasteiger partial charge in [0.1, 0.15) is 17.7 Å². The summed E-state index contributed by atoms with van der Waals surface area (Å²) in [5.41, 5.74) is 0.811. The highest BCUT2D eigenvalue weighted by molar-refractivity contribution is 6.30. The molecular weight excluding hydrogens is 393 g/mol. The monoisotopic (exact) mass is 411 g/mol. The summed E-state index contributed by atoms with van der Waals surface area (Å²) >= 11 is 5.84. The molecule has 8 heteroatoms. The summed E-state index contributed by atoms with van der Waals surface area (Å²) in [6.07, 6.45) is 6.89. The lowest BCUT2D eigenvalue weighted by molar-refractivity contribution is 0.0434. The molecule has 1 fully saturated rings. The van der Waals surface area contributed by atoms with Gasteiger partial charge in [-0.05, 0) is 43.2 Å². The second-order valence-corrected chi connectivity index (χ2v) is 7.52. The number of pyridine rings is 2. The summed E-state index contributed by atoms with van der Waals surface area (Å²) in [6, 6.07) is 8.60. The van der Waals surface area contributed by atoms with E-state index >= 15 is 4.39 Å². The van der Waals surface area contributed by atoms with Crippen molar-refractivity contribution in [2.45, 2.75) is 24.9 Å². The van der Waals surface area contributed by atoms with Crippen LogP contribution in [0.25, 0.3) is 11.4 Å². The maximum atomic E-state index is 15.3. The van der Waals surface area contributed by atoms with Crippen LogP contribution in [0.1, 0.15) is 28.9 Å². The number of carbonyl (C=O) groups is 1. The number of aromatic nitrogens is 4. The van der Waals surface area contributed by atoms with Gasteiger partial charge in [-0.15, -0.1) is 0 Å². The molecule has 148 valence electrons. The van der Waals surface area contributed by atoms with E-state index in [1.165, 1.54) is 12.5 Å². The molecule has 6 nitrogen and oxygen atoms in total. The summed E-state index contributed by atoms with van der Waals surface area (Å²) in [5, 5.41) is 0.526. The van der Waals surface area contributed by atoms with E-state index in [0.29, 0.717) is 40.8 Å². The van der Waals surface area contributed by atoms with Gasteiger partial charge in [0, 0.05) is 43.8 Å². The smallest absolute Gasteiger partial charge is 0.256 e. The van der Waals surface area contributed by atoms with Gasteiger partial charge >= 0.3 is 0 Å². The van der Waals surface area contributed by atoms with Crippen LogP contribution in [0.15, 0.2) is 55.2 Å². The average molecular weight is 412 g/mol. The quantitative estimate of drug-likeness (QED) is 0.653. The molecule has 0 atom stereocenters. The fourth-order valence-corrected chi connectivity index (χ4v) is 3.62. The summed E-state index contributed by atoms with van der Waals surface area (Å²) in [5.74, 6) is -0.168. The molecule has 29 heavy (non-hydrogen) atoms. The second kappa shape index (κ2) is 8.21. The van der Waals surface area contributed by atoms with Gasteiger partial charge in [0.15, 0.2) is 0 Å². The molecule has 0 spiro atoms. The van der Waals surface area contributed by atoms with Crippen molar-refractivity contribution in [1.29, 1.82) is 0 Å². The van der Waals surface area contributed by atoms with Crippen LogP contribution in [0.4, 0.5) is 4.39 Å². The molecule has 4 heterocycles. The molecule has 3 aromatic heterocycles. The number of halogens is 2. The molecule has 0 saturated carbocycles. The first kappa shape index (κ1) is 19.4. The number of hydrogen-bond acceptors (Lipinski definition) is 5. The van der Waals surface area contributed by atoms with Gasteiger partial charge in [0.05, 0.1) is 16.3 Å². The van der Waals surface area contributed by atoms with E-state index in [-0.39, 0.29) is 25.2 Å². The highest BCUT2D eigenvalue weighted by atomic mass is 35.5. The van der Waals surface area contributed by atoms with Gasteiger partial charge in [-0.3, -0.25) is 14.8 Å². The number of hydrogen-bond donors (Lipinski definition) is 0. The molecule has 0 aromatic carbocycles. The standard InChI is InChI=1S/C21H19ClFN5O/c22-15-3-4-16(26-13-15)12-21(23)6-10-28(11-7-21)20(29)17-2-1-8-25-19(17)18-5-9-24-14-27-18/h1-5,8-9,13-14H,6-7,10-12H2. The summed E-state index contributed by atoms with van der Waals surface area (Å²) in [6.45, 7) is 0.669. The van der Waals surface area contributed by atoms with Crippen LogP contribution in [-0.4, -0.2) is 49.5 Å². The largest absolute Gasteiger partial charge is 0.338 e. The number of likely N-dealkylation sites (tertiary alicyclic amines) is 1. The van der Waals surface area contributed by atoms with Crippen molar-refractivity contribution in [3.05, 3.63) is 71.5 Å². The van der Waals surface area contributed by atoms with Gasteiger partial charge in [0.2, 0.25) is 0 Å². The number of nitrogens with zero attached hydrogens (tertiary/aromatic N) is 5. The Bertz CT molecular complexity index is 991. The molecule has 4 rings (SSSR count). The topological polar surface area (TPSA) is 71.9 Å². The zero-order valence-corrected chi connectivity index (χ0v) is 16.4. The maximum absolute atomic E-state index is 15.3. The number of amides is 1. The maximum Gasteiger partial charge on any atom is 0.256 e. The predicted octanol–water partition coefficient (Wildman–Crippen LogP) is 3.77. The van der Waals surface area contributed by atoms with E-state index in [9.17, 15) is 4.79 Å². The highest BCUT2D eigenvalue weighted by Gasteiger charge is 2.37. The van der Waals surface area contributed by atoms with Crippen molar-refractivity contribution in [3.63, 3.8) is 0 Å². The zero-order chi connectivity index (χ0) is 20.3. The lowest BCUT2D eigenvalue weighted by atomic mass is 9.88. The van der Waals surface area contributed by atoms with Crippen molar-refractivity contribution < 1.29 is 9.18 Å². The third-order valence-electron chi connectivity index (χ3n) is 5.10. The van der Waals surface area contributed by atoms with E-state index in [1.54, 1.807) is 47.6 Å². The van der Waals surface area contributed by atoms with Crippen molar-refractivity contribution in [1.82, 2.24) is 24.8 Å². The van der Waals surface area contributed by atoms with E-state index in [2.05, 4.69) is 19.9 Å². The Morgan fingerprint density at radius 2 is 1.93 bits per heavy atom. The Kier molecular flexibility index (Phi) is 5.49. The van der Waals surface area contributed by atoms with E-state index in [1.807, 2.05) is 0 Å². The molecular formula is C21H19ClFN5O. The van der Waals surface area contributed by atoms with Crippen LogP contribution in [0, 0.1) is 0 Å². The molecule has 1 saturated heterocycles. The molecule has 1 amide bonds. The average Bonchev–Trinajstić information content (AvgIpc) is 2.76. The van der Waals surface area contributed by atoms with E-state index < -0.39 is 5.67 Å². The van der Waals surface area contributed by atoms with Gasteiger partial charge in [-0.1, -0.05) is 11.6 Å². The first-order valence-corrected chi connectivity index (χ1v) is 9.72. The van der Waals surface area contributed by atoms with Crippen LogP contribution in [0.5, 0.6) is 0 Å². The molecule has 0 N–H and O–H groups in total. The molecule has 0 bridgehead atoms. The third kappa shape index (κ3) is 4.40. The minimum Gasteiger partial charge on any atom is -0.338 e. The minimum absolute atomic E-state index is 0.168. The lowest BCUT2D eigenvalue weighted by Crippen LogP contribution is -2.45. The zero-order valence-electron chi connectivity index (χ0n) is 15.6. The predicted molar refractivity (Wildman–Crippen MR) is 107 cm³/mol. The number of rotatable bonds is 4. The Labute approximate surface area is 172 Å². The third-order valence-corrected chi connectivity index (χ3v) is 5.32. The van der Waals surface area contributed by atoms with Gasteiger partial charge in [-0.25, -0.2) is 14.4 Å². The minimum atomic E-state index is -1.39. The fourth-order valence-electron chi connectivity index (χ4n) is 3.51. The SMILES string of the molecule is O=C(c1cccnc1-c1ccncn1)N1CCC(F)(Cc2ccc(Cl)cn2)CC1. The van der Waals surface area contributed by atoms with Gasteiger partial charge < -0.3 is 4.90 Å². The first-order valence-electron chi connectivity index (χ1n) is 9.34. The molecule has 0 aliphatic carbocycles. The normalized spacial score (nSPS) is 15.9. The number of piperidine rings is 1. The Morgan fingerprint density at radius 3 is 2.62 bits per heavy atom. The number of carbonyl (C=O) groups excluding carboxylic acids is 1. The first-order chi connectivity index (χ1) is 14.0. The molecule has 1 aliphatic heterocycles.